The van der Waals surface area contributed by atoms with Gasteiger partial charge < -0.3 is 15.2 Å². The summed E-state index contributed by atoms with van der Waals surface area (Å²) in [7, 11) is 0. The second kappa shape index (κ2) is 8.78. The van der Waals surface area contributed by atoms with E-state index < -0.39 is 5.79 Å². The van der Waals surface area contributed by atoms with Gasteiger partial charge in [-0.3, -0.25) is 4.90 Å². The minimum atomic E-state index is -0.725. The Bertz CT molecular complexity index is 656. The highest BCUT2D eigenvalue weighted by Gasteiger charge is 2.49. The molecule has 2 N–H and O–H groups in total. The lowest BCUT2D eigenvalue weighted by molar-refractivity contribution is -0.272. The molecule has 140 valence electrons. The minimum Gasteiger partial charge on any atom is -0.349 e. The average molecular weight is 354 g/mol. The molecule has 0 spiro atoms. The number of rotatable bonds is 7. The van der Waals surface area contributed by atoms with Crippen molar-refractivity contribution in [2.24, 2.45) is 5.73 Å². The summed E-state index contributed by atoms with van der Waals surface area (Å²) in [5.41, 5.74) is 9.32. The van der Waals surface area contributed by atoms with Crippen molar-refractivity contribution in [1.29, 1.82) is 0 Å². The van der Waals surface area contributed by atoms with Gasteiger partial charge in [0.15, 0.2) is 5.79 Å². The lowest BCUT2D eigenvalue weighted by atomic mass is 9.85. The van der Waals surface area contributed by atoms with Gasteiger partial charge in [-0.05, 0) is 25.0 Å². The number of hydrogen-bond acceptors (Lipinski definition) is 4. The summed E-state index contributed by atoms with van der Waals surface area (Å²) in [6.07, 6.45) is 0.770. The van der Waals surface area contributed by atoms with Gasteiger partial charge in [-0.25, -0.2) is 0 Å². The van der Waals surface area contributed by atoms with Crippen molar-refractivity contribution in [3.05, 3.63) is 71.8 Å². The van der Waals surface area contributed by atoms with Crippen LogP contribution >= 0.6 is 0 Å². The van der Waals surface area contributed by atoms with Crippen molar-refractivity contribution in [2.45, 2.75) is 44.7 Å². The second-order valence-corrected chi connectivity index (χ2v) is 6.77. The average Bonchev–Trinajstić information content (AvgIpc) is 2.67. The van der Waals surface area contributed by atoms with Crippen molar-refractivity contribution in [2.75, 3.05) is 19.8 Å². The molecule has 0 aromatic heterocycles. The maximum atomic E-state index is 6.81. The number of piperidine rings is 1. The highest BCUT2D eigenvalue weighted by atomic mass is 16.7. The Labute approximate surface area is 156 Å². The third-order valence-corrected chi connectivity index (χ3v) is 5.14. The first-order valence-corrected chi connectivity index (χ1v) is 9.56. The van der Waals surface area contributed by atoms with Crippen LogP contribution in [-0.4, -0.2) is 36.5 Å². The Morgan fingerprint density at radius 3 is 2.12 bits per heavy atom. The molecule has 4 heteroatoms. The molecule has 0 radical (unpaired) electrons. The molecule has 2 aromatic carbocycles. The summed E-state index contributed by atoms with van der Waals surface area (Å²) in [5.74, 6) is -0.725. The quantitative estimate of drug-likeness (QED) is 0.770. The van der Waals surface area contributed by atoms with Crippen LogP contribution in [0.15, 0.2) is 60.7 Å². The van der Waals surface area contributed by atoms with Crippen LogP contribution in [-0.2, 0) is 16.0 Å². The van der Waals surface area contributed by atoms with E-state index in [1.807, 2.05) is 19.9 Å². The SMILES string of the molecule is CCOC1(OCC)CCN(Cc2ccccc2)[C@H](c2ccccc2)[C@@H]1N. The number of nitrogens with two attached hydrogens (primary N) is 1. The third-order valence-electron chi connectivity index (χ3n) is 5.14. The molecule has 1 aliphatic rings. The van der Waals surface area contributed by atoms with Crippen LogP contribution < -0.4 is 5.73 Å². The molecule has 2 aromatic rings. The normalized spacial score (nSPS) is 23.0. The molecule has 1 heterocycles. The Kier molecular flexibility index (Phi) is 6.43. The summed E-state index contributed by atoms with van der Waals surface area (Å²) in [6.45, 7) is 6.93. The van der Waals surface area contributed by atoms with Gasteiger partial charge in [0.25, 0.3) is 0 Å². The molecule has 1 aliphatic heterocycles. The van der Waals surface area contributed by atoms with E-state index in [0.29, 0.717) is 13.2 Å². The zero-order chi connectivity index (χ0) is 18.4. The predicted molar refractivity (Wildman–Crippen MR) is 105 cm³/mol. The largest absolute Gasteiger partial charge is 0.349 e. The van der Waals surface area contributed by atoms with Gasteiger partial charge in [0, 0.05) is 32.7 Å². The minimum absolute atomic E-state index is 0.0447. The lowest BCUT2D eigenvalue weighted by Crippen LogP contribution is -2.63. The highest BCUT2D eigenvalue weighted by molar-refractivity contribution is 5.24. The predicted octanol–water partition coefficient (Wildman–Crippen LogP) is 3.73. The maximum Gasteiger partial charge on any atom is 0.186 e. The van der Waals surface area contributed by atoms with Crippen molar-refractivity contribution in [3.63, 3.8) is 0 Å². The molecule has 1 fully saturated rings. The maximum absolute atomic E-state index is 6.81. The highest BCUT2D eigenvalue weighted by Crippen LogP contribution is 2.39. The zero-order valence-electron chi connectivity index (χ0n) is 15.8. The topological polar surface area (TPSA) is 47.7 Å². The van der Waals surface area contributed by atoms with Crippen LogP contribution in [0.5, 0.6) is 0 Å². The molecule has 0 aliphatic carbocycles. The molecule has 0 saturated carbocycles. The first kappa shape index (κ1) is 19.1. The van der Waals surface area contributed by atoms with Gasteiger partial charge in [0.05, 0.1) is 12.1 Å². The van der Waals surface area contributed by atoms with Crippen LogP contribution in [0.1, 0.15) is 37.4 Å². The van der Waals surface area contributed by atoms with E-state index >= 15 is 0 Å². The van der Waals surface area contributed by atoms with Crippen LogP contribution in [0.25, 0.3) is 0 Å². The van der Waals surface area contributed by atoms with E-state index in [9.17, 15) is 0 Å². The van der Waals surface area contributed by atoms with E-state index in [-0.39, 0.29) is 12.1 Å². The fourth-order valence-corrected chi connectivity index (χ4v) is 4.00. The van der Waals surface area contributed by atoms with E-state index in [0.717, 1.165) is 19.5 Å². The number of benzene rings is 2. The Morgan fingerprint density at radius 1 is 0.962 bits per heavy atom. The van der Waals surface area contributed by atoms with Gasteiger partial charge in [0.1, 0.15) is 0 Å². The second-order valence-electron chi connectivity index (χ2n) is 6.77. The molecule has 2 atom stereocenters. The molecule has 1 saturated heterocycles. The molecule has 0 bridgehead atoms. The van der Waals surface area contributed by atoms with Crippen molar-refractivity contribution in [1.82, 2.24) is 4.90 Å². The fourth-order valence-electron chi connectivity index (χ4n) is 4.00. The molecule has 0 unspecified atom stereocenters. The van der Waals surface area contributed by atoms with Crippen LogP contribution in [0.3, 0.4) is 0 Å². The van der Waals surface area contributed by atoms with E-state index in [4.69, 9.17) is 15.2 Å². The Balaban J connectivity index is 1.93. The lowest BCUT2D eigenvalue weighted by Gasteiger charge is -2.50. The van der Waals surface area contributed by atoms with Crippen molar-refractivity contribution in [3.8, 4) is 0 Å². The molecular formula is C22H30N2O2. The van der Waals surface area contributed by atoms with Gasteiger partial charge in [0.2, 0.25) is 0 Å². The third kappa shape index (κ3) is 3.99. The van der Waals surface area contributed by atoms with Crippen LogP contribution in [0, 0.1) is 0 Å². The van der Waals surface area contributed by atoms with Gasteiger partial charge in [-0.1, -0.05) is 60.7 Å². The monoisotopic (exact) mass is 354 g/mol. The summed E-state index contributed by atoms with van der Waals surface area (Å²) < 4.78 is 12.2. The molecule has 4 nitrogen and oxygen atoms in total. The van der Waals surface area contributed by atoms with Crippen LogP contribution in [0.2, 0.25) is 0 Å². The van der Waals surface area contributed by atoms with Crippen molar-refractivity contribution < 1.29 is 9.47 Å². The summed E-state index contributed by atoms with van der Waals surface area (Å²) >= 11 is 0. The Hall–Kier alpha value is -1.72. The molecule has 26 heavy (non-hydrogen) atoms. The molecular weight excluding hydrogens is 324 g/mol. The first-order valence-electron chi connectivity index (χ1n) is 9.56. The molecule has 3 rings (SSSR count). The van der Waals surface area contributed by atoms with E-state index in [1.165, 1.54) is 11.1 Å². The number of hydrogen-bond donors (Lipinski definition) is 1. The Morgan fingerprint density at radius 2 is 1.54 bits per heavy atom. The van der Waals surface area contributed by atoms with Gasteiger partial charge in [-0.15, -0.1) is 0 Å². The van der Waals surface area contributed by atoms with E-state index in [2.05, 4.69) is 59.5 Å². The number of nitrogens with zero attached hydrogens (tertiary/aromatic N) is 1. The standard InChI is InChI=1S/C22H30N2O2/c1-3-25-22(26-4-2)15-16-24(17-18-11-7-5-8-12-18)20(21(22)23)19-13-9-6-10-14-19/h5-14,20-21H,3-4,15-17,23H2,1-2H3/t20-,21+/m1/s1. The van der Waals surface area contributed by atoms with E-state index in [1.54, 1.807) is 0 Å². The summed E-state index contributed by atoms with van der Waals surface area (Å²) in [5, 5.41) is 0. The smallest absolute Gasteiger partial charge is 0.186 e. The van der Waals surface area contributed by atoms with Crippen LogP contribution in [0.4, 0.5) is 0 Å². The van der Waals surface area contributed by atoms with Gasteiger partial charge >= 0.3 is 0 Å². The molecule has 0 amide bonds. The zero-order valence-corrected chi connectivity index (χ0v) is 15.8. The summed E-state index contributed by atoms with van der Waals surface area (Å²) in [6, 6.07) is 20.8. The fraction of sp³-hybridized carbons (Fsp3) is 0.455. The van der Waals surface area contributed by atoms with Gasteiger partial charge in [-0.2, -0.15) is 0 Å². The van der Waals surface area contributed by atoms with Crippen molar-refractivity contribution >= 4 is 0 Å². The summed E-state index contributed by atoms with van der Waals surface area (Å²) in [4.78, 5) is 2.45. The first-order chi connectivity index (χ1) is 12.7. The number of ether oxygens (including phenoxy) is 2. The number of likely N-dealkylation sites (tertiary alicyclic amines) is 1.